The number of thiazole rings is 1. The number of carbonyl (C=O) groups excluding carboxylic acids is 1. The first-order valence-electron chi connectivity index (χ1n) is 7.53. The van der Waals surface area contributed by atoms with Gasteiger partial charge in [-0.1, -0.05) is 30.3 Å². The summed E-state index contributed by atoms with van der Waals surface area (Å²) in [6, 6.07) is 12.9. The third kappa shape index (κ3) is 3.44. The molecule has 0 bridgehead atoms. The fourth-order valence-electron chi connectivity index (χ4n) is 2.30. The molecule has 0 atom stereocenters. The maximum absolute atomic E-state index is 12.6. The smallest absolute Gasteiger partial charge is 0.263 e. The summed E-state index contributed by atoms with van der Waals surface area (Å²) in [7, 11) is 0. The van der Waals surface area contributed by atoms with Gasteiger partial charge in [-0.05, 0) is 31.5 Å². The predicted molar refractivity (Wildman–Crippen MR) is 95.8 cm³/mol. The zero-order chi connectivity index (χ0) is 17.1. The van der Waals surface area contributed by atoms with E-state index in [1.54, 1.807) is 12.3 Å². The van der Waals surface area contributed by atoms with E-state index in [9.17, 15) is 9.59 Å². The van der Waals surface area contributed by atoms with Crippen molar-refractivity contribution in [2.24, 2.45) is 0 Å². The van der Waals surface area contributed by atoms with Crippen LogP contribution in [0.5, 0.6) is 0 Å². The highest BCUT2D eigenvalue weighted by Gasteiger charge is 2.14. The lowest BCUT2D eigenvalue weighted by Crippen LogP contribution is -2.29. The van der Waals surface area contributed by atoms with Gasteiger partial charge in [-0.2, -0.15) is 0 Å². The number of hydrogen-bond acceptors (Lipinski definition) is 4. The van der Waals surface area contributed by atoms with Crippen molar-refractivity contribution in [3.05, 3.63) is 80.7 Å². The largest absolute Gasteiger partial charge is 0.310 e. The van der Waals surface area contributed by atoms with Crippen molar-refractivity contribution in [2.75, 3.05) is 5.32 Å². The molecule has 0 aliphatic heterocycles. The van der Waals surface area contributed by atoms with Crippen molar-refractivity contribution >= 4 is 22.4 Å². The molecule has 5 nitrogen and oxygen atoms in total. The van der Waals surface area contributed by atoms with E-state index in [1.165, 1.54) is 22.0 Å². The number of benzene rings is 1. The van der Waals surface area contributed by atoms with Crippen LogP contribution in [0.2, 0.25) is 0 Å². The molecule has 6 heteroatoms. The molecule has 0 spiro atoms. The third-order valence-electron chi connectivity index (χ3n) is 3.71. The molecule has 1 aromatic carbocycles. The summed E-state index contributed by atoms with van der Waals surface area (Å²) in [6.45, 7) is 4.26. The number of hydrogen-bond donors (Lipinski definition) is 1. The average molecular weight is 339 g/mol. The molecule has 1 N–H and O–H groups in total. The summed E-state index contributed by atoms with van der Waals surface area (Å²) in [6.07, 6.45) is 1.68. The van der Waals surface area contributed by atoms with Crippen LogP contribution in [0.25, 0.3) is 0 Å². The minimum Gasteiger partial charge on any atom is -0.310 e. The van der Waals surface area contributed by atoms with Gasteiger partial charge in [0.1, 0.15) is 5.56 Å². The Kier molecular flexibility index (Phi) is 4.57. The first kappa shape index (κ1) is 16.1. The van der Waals surface area contributed by atoms with Crippen molar-refractivity contribution in [1.82, 2.24) is 9.55 Å². The molecule has 3 rings (SSSR count). The van der Waals surface area contributed by atoms with Crippen molar-refractivity contribution in [3.8, 4) is 0 Å². The van der Waals surface area contributed by atoms with Gasteiger partial charge in [0.15, 0.2) is 5.13 Å². The Balaban J connectivity index is 1.84. The molecule has 2 heterocycles. The third-order valence-corrected chi connectivity index (χ3v) is 4.70. The van der Waals surface area contributed by atoms with Gasteiger partial charge < -0.3 is 4.57 Å². The Morgan fingerprint density at radius 1 is 1.17 bits per heavy atom. The van der Waals surface area contributed by atoms with Gasteiger partial charge in [0, 0.05) is 11.1 Å². The number of aromatic nitrogens is 2. The second-order valence-corrected chi connectivity index (χ2v) is 6.66. The molecule has 2 aromatic heterocycles. The molecule has 0 radical (unpaired) electrons. The average Bonchev–Trinajstić information content (AvgIpc) is 2.88. The van der Waals surface area contributed by atoms with Crippen molar-refractivity contribution < 1.29 is 4.79 Å². The predicted octanol–water partition coefficient (Wildman–Crippen LogP) is 3.22. The fraction of sp³-hybridized carbons (Fsp3) is 0.167. The maximum Gasteiger partial charge on any atom is 0.263 e. The quantitative estimate of drug-likeness (QED) is 0.794. The minimum absolute atomic E-state index is 0.110. The lowest BCUT2D eigenvalue weighted by molar-refractivity contribution is 0.102. The number of rotatable bonds is 4. The topological polar surface area (TPSA) is 64.0 Å². The summed E-state index contributed by atoms with van der Waals surface area (Å²) in [5, 5.41) is 3.21. The number of aryl methyl sites for hydroxylation is 2. The summed E-state index contributed by atoms with van der Waals surface area (Å²) >= 11 is 1.40. The maximum atomic E-state index is 12.6. The Hall–Kier alpha value is -2.73. The fourth-order valence-corrected chi connectivity index (χ4v) is 3.11. The molecule has 122 valence electrons. The molecule has 0 saturated carbocycles. The van der Waals surface area contributed by atoms with E-state index in [2.05, 4.69) is 10.3 Å². The summed E-state index contributed by atoms with van der Waals surface area (Å²) in [5.41, 5.74) is 1.68. The molecule has 0 saturated heterocycles. The van der Waals surface area contributed by atoms with Gasteiger partial charge in [-0.3, -0.25) is 14.9 Å². The van der Waals surface area contributed by atoms with Gasteiger partial charge in [-0.25, -0.2) is 4.98 Å². The van der Waals surface area contributed by atoms with E-state index in [1.807, 2.05) is 44.2 Å². The first-order valence-corrected chi connectivity index (χ1v) is 8.35. The summed E-state index contributed by atoms with van der Waals surface area (Å²) < 4.78 is 1.53. The van der Waals surface area contributed by atoms with Crippen LogP contribution in [0.4, 0.5) is 5.13 Å². The van der Waals surface area contributed by atoms with Crippen LogP contribution in [-0.2, 0) is 6.54 Å². The number of pyridine rings is 1. The highest BCUT2D eigenvalue weighted by Crippen LogP contribution is 2.21. The van der Waals surface area contributed by atoms with E-state index in [4.69, 9.17) is 0 Å². The first-order chi connectivity index (χ1) is 11.5. The van der Waals surface area contributed by atoms with Gasteiger partial charge in [0.05, 0.1) is 12.2 Å². The number of anilines is 1. The Bertz CT molecular complexity index is 909. The summed E-state index contributed by atoms with van der Waals surface area (Å²) in [4.78, 5) is 30.3. The van der Waals surface area contributed by atoms with E-state index in [0.717, 1.165) is 16.1 Å². The van der Waals surface area contributed by atoms with Crippen molar-refractivity contribution in [2.45, 2.75) is 20.4 Å². The highest BCUT2D eigenvalue weighted by atomic mass is 32.1. The minimum atomic E-state index is -0.434. The molecule has 0 aliphatic rings. The normalized spacial score (nSPS) is 10.6. The Labute approximate surface area is 143 Å². The van der Waals surface area contributed by atoms with E-state index < -0.39 is 5.91 Å². The van der Waals surface area contributed by atoms with Crippen LogP contribution in [0.1, 0.15) is 26.5 Å². The second-order valence-electron chi connectivity index (χ2n) is 5.46. The van der Waals surface area contributed by atoms with Crippen LogP contribution in [0.15, 0.2) is 53.5 Å². The van der Waals surface area contributed by atoms with E-state index in [-0.39, 0.29) is 11.1 Å². The van der Waals surface area contributed by atoms with Crippen LogP contribution in [0, 0.1) is 13.8 Å². The van der Waals surface area contributed by atoms with Crippen LogP contribution in [-0.4, -0.2) is 15.5 Å². The van der Waals surface area contributed by atoms with Crippen LogP contribution < -0.4 is 10.9 Å². The molecule has 0 fully saturated rings. The van der Waals surface area contributed by atoms with Crippen LogP contribution >= 0.6 is 11.3 Å². The highest BCUT2D eigenvalue weighted by molar-refractivity contribution is 7.15. The second kappa shape index (κ2) is 6.80. The van der Waals surface area contributed by atoms with E-state index in [0.29, 0.717) is 11.7 Å². The van der Waals surface area contributed by atoms with Crippen LogP contribution in [0.3, 0.4) is 0 Å². The lowest BCUT2D eigenvalue weighted by atomic mass is 10.2. The zero-order valence-corrected chi connectivity index (χ0v) is 14.3. The number of nitrogens with zero attached hydrogens (tertiary/aromatic N) is 2. The lowest BCUT2D eigenvalue weighted by Gasteiger charge is -2.08. The molecule has 0 unspecified atom stereocenters. The van der Waals surface area contributed by atoms with Crippen molar-refractivity contribution in [3.63, 3.8) is 0 Å². The summed E-state index contributed by atoms with van der Waals surface area (Å²) in [5.74, 6) is -0.434. The van der Waals surface area contributed by atoms with Crippen molar-refractivity contribution in [1.29, 1.82) is 0 Å². The van der Waals surface area contributed by atoms with E-state index >= 15 is 0 Å². The van der Waals surface area contributed by atoms with Gasteiger partial charge in [0.25, 0.3) is 11.5 Å². The molecule has 24 heavy (non-hydrogen) atoms. The molecule has 0 aliphatic carbocycles. The van der Waals surface area contributed by atoms with Gasteiger partial charge in [0.2, 0.25) is 0 Å². The standard InChI is InChI=1S/C18H17N3O2S/c1-12-13(2)24-18(19-12)20-16(22)15-9-6-10-21(17(15)23)11-14-7-4-3-5-8-14/h3-10H,11H2,1-2H3,(H,19,20,22). The molecule has 1 amide bonds. The van der Waals surface area contributed by atoms with Gasteiger partial charge in [-0.15, -0.1) is 11.3 Å². The number of carbonyl (C=O) groups is 1. The Morgan fingerprint density at radius 3 is 2.58 bits per heavy atom. The molecule has 3 aromatic rings. The number of nitrogens with one attached hydrogen (secondary N) is 1. The molecular weight excluding hydrogens is 322 g/mol. The Morgan fingerprint density at radius 2 is 1.92 bits per heavy atom. The SMILES string of the molecule is Cc1nc(NC(=O)c2cccn(Cc3ccccc3)c2=O)sc1C. The monoisotopic (exact) mass is 339 g/mol. The number of amides is 1. The molecular formula is C18H17N3O2S. The van der Waals surface area contributed by atoms with Gasteiger partial charge >= 0.3 is 0 Å². The zero-order valence-electron chi connectivity index (χ0n) is 13.4.